The lowest BCUT2D eigenvalue weighted by molar-refractivity contribution is -0.161. The van der Waals surface area contributed by atoms with Crippen molar-refractivity contribution in [3.63, 3.8) is 0 Å². The number of aromatic nitrogens is 6. The number of phosphoric acid groups is 2. The first-order chi connectivity index (χ1) is 26.2. The number of aliphatic hydroxyl groups is 1. The number of hydrogen-bond acceptors (Lipinski definition) is 20. The minimum absolute atomic E-state index is 0.0172. The van der Waals surface area contributed by atoms with Crippen LogP contribution >= 0.6 is 27.4 Å². The molecule has 308 valence electrons. The quantitative estimate of drug-likeness (QED) is 0.0999. The molecule has 3 aliphatic rings. The van der Waals surface area contributed by atoms with E-state index < -0.39 is 101 Å². The molecule has 1 amide bonds. The van der Waals surface area contributed by atoms with Crippen molar-refractivity contribution in [1.82, 2.24) is 34.0 Å². The van der Waals surface area contributed by atoms with Gasteiger partial charge in [0.05, 0.1) is 25.4 Å². The lowest BCUT2D eigenvalue weighted by atomic mass is 10.1. The van der Waals surface area contributed by atoms with Gasteiger partial charge in [-0.25, -0.2) is 38.5 Å². The molecule has 56 heavy (non-hydrogen) atoms. The fourth-order valence-corrected chi connectivity index (χ4v) is 8.38. The molecule has 0 aromatic carbocycles. The fraction of sp³-hybridized carbons (Fsp3) is 0.607. The Kier molecular flexibility index (Phi) is 12.1. The van der Waals surface area contributed by atoms with Crippen LogP contribution in [-0.4, -0.2) is 133 Å². The summed E-state index contributed by atoms with van der Waals surface area (Å²) in [5.74, 6) is -0.790. The van der Waals surface area contributed by atoms with Gasteiger partial charge >= 0.3 is 33.4 Å². The number of nitrogens with zero attached hydrogens (tertiary/aromatic N) is 7. The van der Waals surface area contributed by atoms with Gasteiger partial charge < -0.3 is 50.2 Å². The topological polar surface area (TPSA) is 348 Å². The predicted molar refractivity (Wildman–Crippen MR) is 189 cm³/mol. The van der Waals surface area contributed by atoms with Crippen molar-refractivity contribution in [3.8, 4) is 0 Å². The Balaban J connectivity index is 1.21. The maximum absolute atomic E-state index is 13.6. The van der Waals surface area contributed by atoms with Crippen LogP contribution in [0.5, 0.6) is 0 Å². The van der Waals surface area contributed by atoms with Crippen LogP contribution in [0.25, 0.3) is 11.2 Å². The zero-order chi connectivity index (χ0) is 40.7. The van der Waals surface area contributed by atoms with E-state index in [-0.39, 0.29) is 40.9 Å². The highest BCUT2D eigenvalue weighted by Crippen LogP contribution is 2.50. The monoisotopic (exact) mass is 851 g/mol. The normalized spacial score (nSPS) is 28.1. The van der Waals surface area contributed by atoms with Gasteiger partial charge in [-0.2, -0.15) is 4.98 Å². The van der Waals surface area contributed by atoms with Gasteiger partial charge in [-0.15, -0.1) is 11.8 Å². The second-order valence-electron chi connectivity index (χ2n) is 13.6. The Bertz CT molecular complexity index is 2100. The summed E-state index contributed by atoms with van der Waals surface area (Å²) >= 11 is 1.26. The minimum Gasteiger partial charge on any atom is -0.455 e. The van der Waals surface area contributed by atoms with E-state index in [1.807, 2.05) is 0 Å². The van der Waals surface area contributed by atoms with Crippen molar-refractivity contribution < 1.29 is 71.0 Å². The summed E-state index contributed by atoms with van der Waals surface area (Å²) in [4.78, 5) is 85.3. The number of fused-ring (bicyclic) bond motifs is 1. The molecular formula is C28H39N9O16P2S. The fourth-order valence-electron chi connectivity index (χ4n) is 5.95. The summed E-state index contributed by atoms with van der Waals surface area (Å²) in [6.07, 6.45) is -7.74. The van der Waals surface area contributed by atoms with Crippen molar-refractivity contribution in [2.24, 2.45) is 0 Å². The third kappa shape index (κ3) is 9.66. The number of amides is 1. The number of ether oxygens (including phenoxy) is 4. The molecule has 3 fully saturated rings. The molecule has 0 saturated carbocycles. The van der Waals surface area contributed by atoms with Gasteiger partial charge in [0.2, 0.25) is 0 Å². The van der Waals surface area contributed by atoms with Gasteiger partial charge in [-0.3, -0.25) is 27.6 Å². The first kappa shape index (κ1) is 41.8. The second kappa shape index (κ2) is 16.2. The highest BCUT2D eigenvalue weighted by atomic mass is 32.2. The third-order valence-corrected chi connectivity index (χ3v) is 10.9. The molecule has 6 rings (SSSR count). The molecular weight excluding hydrogens is 812 g/mol. The number of carbonyl (C=O) groups is 2. The molecule has 0 aliphatic carbocycles. The van der Waals surface area contributed by atoms with Crippen LogP contribution in [0, 0.1) is 0 Å². The van der Waals surface area contributed by atoms with Crippen LogP contribution in [0.15, 0.2) is 29.7 Å². The number of nitrogens with two attached hydrogens (primary N) is 2. The smallest absolute Gasteiger partial charge is 0.455 e. The zero-order valence-electron chi connectivity index (χ0n) is 29.7. The maximum Gasteiger partial charge on any atom is 0.472 e. The molecule has 25 nitrogen and oxygen atoms in total. The number of rotatable bonds is 12. The molecule has 0 spiro atoms. The van der Waals surface area contributed by atoms with Gasteiger partial charge in [0.15, 0.2) is 23.8 Å². The van der Waals surface area contributed by atoms with E-state index in [2.05, 4.69) is 24.5 Å². The maximum atomic E-state index is 13.6. The van der Waals surface area contributed by atoms with Crippen molar-refractivity contribution in [3.05, 3.63) is 35.4 Å². The molecule has 1 unspecified atom stereocenters. The molecule has 8 N–H and O–H groups in total. The van der Waals surface area contributed by atoms with Crippen LogP contribution in [-0.2, 0) is 46.4 Å². The van der Waals surface area contributed by atoms with Crippen molar-refractivity contribution in [2.45, 2.75) is 81.8 Å². The Hall–Kier alpha value is -3.78. The van der Waals surface area contributed by atoms with Gasteiger partial charge in [-0.1, -0.05) is 0 Å². The van der Waals surface area contributed by atoms with Crippen LogP contribution < -0.4 is 17.2 Å². The van der Waals surface area contributed by atoms with Gasteiger partial charge in [-0.05, 0) is 26.8 Å². The zero-order valence-corrected chi connectivity index (χ0v) is 32.3. The van der Waals surface area contributed by atoms with Crippen LogP contribution in [0.4, 0.5) is 16.4 Å². The number of phosphoric ester groups is 2. The lowest BCUT2D eigenvalue weighted by Gasteiger charge is -2.28. The van der Waals surface area contributed by atoms with Gasteiger partial charge in [0, 0.05) is 18.4 Å². The molecule has 3 aromatic heterocycles. The van der Waals surface area contributed by atoms with Crippen molar-refractivity contribution >= 4 is 62.3 Å². The Labute approximate surface area is 320 Å². The number of thioether (sulfide) groups is 1. The van der Waals surface area contributed by atoms with Gasteiger partial charge in [0.1, 0.15) is 59.9 Å². The first-order valence-electron chi connectivity index (χ1n) is 16.6. The summed E-state index contributed by atoms with van der Waals surface area (Å²) < 4.78 is 65.2. The number of nitrogen functional groups attached to an aromatic ring is 2. The van der Waals surface area contributed by atoms with E-state index in [4.69, 9.17) is 39.5 Å². The molecule has 9 atom stereocenters. The van der Waals surface area contributed by atoms with E-state index >= 15 is 0 Å². The average molecular weight is 852 g/mol. The molecule has 6 heterocycles. The number of anilines is 2. The van der Waals surface area contributed by atoms with Crippen molar-refractivity contribution in [1.29, 1.82) is 0 Å². The van der Waals surface area contributed by atoms with Gasteiger partial charge in [0.25, 0.3) is 0 Å². The Morgan fingerprint density at radius 2 is 1.79 bits per heavy atom. The molecule has 28 heteroatoms. The molecule has 0 bridgehead atoms. The lowest BCUT2D eigenvalue weighted by Crippen LogP contribution is -2.48. The van der Waals surface area contributed by atoms with Crippen molar-refractivity contribution in [2.75, 3.05) is 36.3 Å². The van der Waals surface area contributed by atoms with E-state index in [9.17, 15) is 43.3 Å². The highest BCUT2D eigenvalue weighted by Gasteiger charge is 2.51. The molecule has 3 saturated heterocycles. The third-order valence-electron chi connectivity index (χ3n) is 8.43. The van der Waals surface area contributed by atoms with E-state index in [0.29, 0.717) is 0 Å². The first-order valence-corrected chi connectivity index (χ1v) is 20.8. The standard InChI is InChI=1S/C28H39N9O16P2S/c1-28(2,3)52-27(41)37-12-56-9-13(37)25(39)51-21-16(50-24(20(21)38)36-11-33-19-22(30)31-10-32-23(19)36)8-48-55(45,46)53-14-6-18(35-5-4-17(29)34-26(35)40)49-15(14)7-47-54(42,43)44/h4-5,10-11,13-16,18,20-21,24,38H,6-9,12H2,1-3H3,(H,45,46)(H2,29,34,40)(H2,30,31,32)(H2,42,43,44)/t13-,14+,15-,16-,18-,20-,21-,24-/m1/s1. The molecule has 3 aliphatic heterocycles. The summed E-state index contributed by atoms with van der Waals surface area (Å²) in [6.45, 7) is 3.28. The highest BCUT2D eigenvalue weighted by molar-refractivity contribution is 7.99. The second-order valence-corrected chi connectivity index (χ2v) is 17.3. The molecule has 0 radical (unpaired) electrons. The number of esters is 1. The van der Waals surface area contributed by atoms with Crippen LogP contribution in [0.3, 0.4) is 0 Å². The van der Waals surface area contributed by atoms with Crippen LogP contribution in [0.2, 0.25) is 0 Å². The number of imidazole rings is 1. The summed E-state index contributed by atoms with van der Waals surface area (Å²) in [7, 11) is -10.2. The van der Waals surface area contributed by atoms with Crippen LogP contribution in [0.1, 0.15) is 39.6 Å². The van der Waals surface area contributed by atoms with E-state index in [0.717, 1.165) is 10.9 Å². The number of carbonyl (C=O) groups excluding carboxylic acids is 2. The summed E-state index contributed by atoms with van der Waals surface area (Å²) in [5, 5.41) is 11.5. The Morgan fingerprint density at radius 3 is 2.48 bits per heavy atom. The summed E-state index contributed by atoms with van der Waals surface area (Å²) in [6, 6.07) is 0.143. The predicted octanol–water partition coefficient (Wildman–Crippen LogP) is -0.373. The van der Waals surface area contributed by atoms with E-state index in [1.165, 1.54) is 39.8 Å². The molecule has 3 aromatic rings. The largest absolute Gasteiger partial charge is 0.472 e. The number of hydrogen-bond donors (Lipinski definition) is 6. The summed E-state index contributed by atoms with van der Waals surface area (Å²) in [5.41, 5.74) is 10.0. The Morgan fingerprint density at radius 1 is 1.05 bits per heavy atom. The average Bonchev–Trinajstić information content (AvgIpc) is 3.88. The van der Waals surface area contributed by atoms with E-state index in [1.54, 1.807) is 20.8 Å². The SMILES string of the molecule is CC(C)(C)OC(=O)N1CSC[C@@H]1C(=O)O[C@H]1[C@@H](O)[C@H](n2cnc3c(N)ncnc32)O[C@@H]1COP(=O)(O)O[C@H]1C[C@H](n2ccc(N)nc2=O)O[C@@H]1COP(=O)(O)O. The number of aliphatic hydroxyl groups excluding tert-OH is 1. The minimum atomic E-state index is -5.19.